The van der Waals surface area contributed by atoms with E-state index in [0.717, 1.165) is 16.8 Å². The van der Waals surface area contributed by atoms with Crippen LogP contribution in [0.15, 0.2) is 82.4 Å². The van der Waals surface area contributed by atoms with E-state index < -0.39 is 0 Å². The molecule has 0 aromatic heterocycles. The number of halogens is 1. The van der Waals surface area contributed by atoms with Gasteiger partial charge in [-0.25, -0.2) is 0 Å². The van der Waals surface area contributed by atoms with Crippen LogP contribution in [0.4, 0.5) is 5.69 Å². The van der Waals surface area contributed by atoms with E-state index in [1.165, 1.54) is 7.11 Å². The number of aromatic hydroxyl groups is 1. The van der Waals surface area contributed by atoms with Crippen molar-refractivity contribution < 1.29 is 9.84 Å². The van der Waals surface area contributed by atoms with Gasteiger partial charge in [0, 0.05) is 0 Å². The lowest BCUT2D eigenvalue weighted by Crippen LogP contribution is -2.16. The van der Waals surface area contributed by atoms with Crippen LogP contribution in [0, 0.1) is 0 Å². The fourth-order valence-corrected chi connectivity index (χ4v) is 2.98. The number of phenolic OH excluding ortho intramolecular Hbond substituents is 1. The van der Waals surface area contributed by atoms with Gasteiger partial charge in [0.2, 0.25) is 0 Å². The second-order valence-electron chi connectivity index (χ2n) is 5.68. The molecule has 0 saturated heterocycles. The van der Waals surface area contributed by atoms with E-state index >= 15 is 0 Å². The van der Waals surface area contributed by atoms with Crippen molar-refractivity contribution in [2.45, 2.75) is 6.54 Å². The van der Waals surface area contributed by atoms with Crippen molar-refractivity contribution >= 4 is 27.8 Å². The Bertz CT molecular complexity index is 883. The number of anilines is 1. The van der Waals surface area contributed by atoms with Gasteiger partial charge in [-0.1, -0.05) is 48.5 Å². The maximum Gasteiger partial charge on any atom is 0.172 e. The quantitative estimate of drug-likeness (QED) is 0.448. The Hall–Kier alpha value is -2.79. The van der Waals surface area contributed by atoms with E-state index in [9.17, 15) is 5.11 Å². The van der Waals surface area contributed by atoms with Crippen molar-refractivity contribution in [3.8, 4) is 11.5 Å². The third-order valence-corrected chi connectivity index (χ3v) is 4.45. The first-order valence-electron chi connectivity index (χ1n) is 8.14. The average Bonchev–Trinajstić information content (AvgIpc) is 2.69. The van der Waals surface area contributed by atoms with Crippen LogP contribution in [0.1, 0.15) is 11.1 Å². The molecule has 3 rings (SSSR count). The number of methoxy groups -OCH3 is 1. The van der Waals surface area contributed by atoms with Crippen LogP contribution >= 0.6 is 15.9 Å². The number of hydrogen-bond acceptors (Lipinski definition) is 4. The van der Waals surface area contributed by atoms with E-state index in [1.807, 2.05) is 53.5 Å². The zero-order valence-corrected chi connectivity index (χ0v) is 15.9. The fraction of sp³-hybridized carbons (Fsp3) is 0.0952. The molecule has 0 saturated carbocycles. The van der Waals surface area contributed by atoms with E-state index in [4.69, 9.17) is 4.74 Å². The van der Waals surface area contributed by atoms with Crippen molar-refractivity contribution in [2.24, 2.45) is 5.10 Å². The molecule has 0 unspecified atom stereocenters. The number of ether oxygens (including phenoxy) is 1. The van der Waals surface area contributed by atoms with Gasteiger partial charge in [0.05, 0.1) is 30.0 Å². The Balaban J connectivity index is 1.90. The summed E-state index contributed by atoms with van der Waals surface area (Å²) in [4.78, 5) is 0. The summed E-state index contributed by atoms with van der Waals surface area (Å²) in [5, 5.41) is 16.5. The van der Waals surface area contributed by atoms with Gasteiger partial charge in [-0.3, -0.25) is 5.01 Å². The Morgan fingerprint density at radius 3 is 2.35 bits per heavy atom. The maximum atomic E-state index is 9.95. The van der Waals surface area contributed by atoms with E-state index in [1.54, 1.807) is 18.3 Å². The van der Waals surface area contributed by atoms with Crippen molar-refractivity contribution in [2.75, 3.05) is 12.1 Å². The Kier molecular flexibility index (Phi) is 5.92. The molecule has 0 bridgehead atoms. The molecule has 0 aliphatic heterocycles. The van der Waals surface area contributed by atoms with Gasteiger partial charge in [0.1, 0.15) is 0 Å². The van der Waals surface area contributed by atoms with Gasteiger partial charge < -0.3 is 9.84 Å². The van der Waals surface area contributed by atoms with Crippen LogP contribution in [0.3, 0.4) is 0 Å². The van der Waals surface area contributed by atoms with Gasteiger partial charge in [0.15, 0.2) is 11.5 Å². The molecule has 0 amide bonds. The lowest BCUT2D eigenvalue weighted by molar-refractivity contribution is 0.372. The molecular formula is C21H19BrN2O2. The molecule has 0 aliphatic carbocycles. The zero-order chi connectivity index (χ0) is 18.4. The molecule has 3 aromatic rings. The first kappa shape index (κ1) is 18.0. The predicted octanol–water partition coefficient (Wildman–Crippen LogP) is 5.20. The predicted molar refractivity (Wildman–Crippen MR) is 109 cm³/mol. The summed E-state index contributed by atoms with van der Waals surface area (Å²) >= 11 is 3.34. The summed E-state index contributed by atoms with van der Waals surface area (Å²) < 4.78 is 5.76. The topological polar surface area (TPSA) is 45.1 Å². The van der Waals surface area contributed by atoms with Crippen molar-refractivity contribution in [3.05, 3.63) is 88.4 Å². The number of para-hydroxylation sites is 1. The number of hydrazone groups is 1. The normalized spacial score (nSPS) is 10.8. The number of phenols is 1. The lowest BCUT2D eigenvalue weighted by atomic mass is 10.2. The van der Waals surface area contributed by atoms with Crippen molar-refractivity contribution in [3.63, 3.8) is 0 Å². The highest BCUT2D eigenvalue weighted by Gasteiger charge is 2.09. The minimum atomic E-state index is 0.0776. The molecule has 0 heterocycles. The largest absolute Gasteiger partial charge is 0.503 e. The summed E-state index contributed by atoms with van der Waals surface area (Å²) in [7, 11) is 1.52. The summed E-state index contributed by atoms with van der Waals surface area (Å²) in [5.74, 6) is 0.476. The molecule has 0 atom stereocenters. The highest BCUT2D eigenvalue weighted by Crippen LogP contribution is 2.34. The second-order valence-corrected chi connectivity index (χ2v) is 6.53. The molecule has 5 heteroatoms. The smallest absolute Gasteiger partial charge is 0.172 e. The van der Waals surface area contributed by atoms with Crippen molar-refractivity contribution in [1.82, 2.24) is 0 Å². The first-order valence-corrected chi connectivity index (χ1v) is 8.93. The van der Waals surface area contributed by atoms with Crippen LogP contribution < -0.4 is 9.75 Å². The molecule has 0 spiro atoms. The molecule has 132 valence electrons. The van der Waals surface area contributed by atoms with Crippen LogP contribution in [-0.2, 0) is 6.54 Å². The molecule has 4 nitrogen and oxygen atoms in total. The molecule has 3 aromatic carbocycles. The lowest BCUT2D eigenvalue weighted by Gasteiger charge is -2.19. The van der Waals surface area contributed by atoms with Crippen LogP contribution in [0.25, 0.3) is 0 Å². The Morgan fingerprint density at radius 2 is 1.69 bits per heavy atom. The molecular weight excluding hydrogens is 392 g/mol. The van der Waals surface area contributed by atoms with E-state index in [-0.39, 0.29) is 5.75 Å². The first-order chi connectivity index (χ1) is 12.7. The molecule has 26 heavy (non-hydrogen) atoms. The monoisotopic (exact) mass is 410 g/mol. The Labute approximate surface area is 161 Å². The van der Waals surface area contributed by atoms with Crippen LogP contribution in [0.2, 0.25) is 0 Å². The fourth-order valence-electron chi connectivity index (χ4n) is 2.52. The van der Waals surface area contributed by atoms with Gasteiger partial charge in [-0.2, -0.15) is 5.10 Å². The van der Waals surface area contributed by atoms with Gasteiger partial charge in [-0.05, 0) is 51.3 Å². The highest BCUT2D eigenvalue weighted by atomic mass is 79.9. The van der Waals surface area contributed by atoms with Crippen LogP contribution in [-0.4, -0.2) is 18.4 Å². The van der Waals surface area contributed by atoms with Gasteiger partial charge in [0.25, 0.3) is 0 Å². The minimum absolute atomic E-state index is 0.0776. The average molecular weight is 411 g/mol. The molecule has 1 N–H and O–H groups in total. The molecule has 0 fully saturated rings. The summed E-state index contributed by atoms with van der Waals surface area (Å²) in [5.41, 5.74) is 2.98. The van der Waals surface area contributed by atoms with Gasteiger partial charge in [-0.15, -0.1) is 0 Å². The maximum absolute atomic E-state index is 9.95. The molecule has 0 aliphatic rings. The summed E-state index contributed by atoms with van der Waals surface area (Å²) in [6.45, 7) is 0.651. The van der Waals surface area contributed by atoms with Crippen molar-refractivity contribution in [1.29, 1.82) is 0 Å². The second kappa shape index (κ2) is 8.54. The third-order valence-electron chi connectivity index (χ3n) is 3.85. The standard InChI is InChI=1S/C21H19BrN2O2/c1-26-20-13-17(12-19(22)21(20)25)14-23-24(18-10-6-3-7-11-18)15-16-8-4-2-5-9-16/h2-14,25H,15H2,1H3/b23-14+. The van der Waals surface area contributed by atoms with E-state index in [2.05, 4.69) is 33.2 Å². The SMILES string of the molecule is COc1cc(/C=N/N(Cc2ccccc2)c2ccccc2)cc(Br)c1O. The number of hydrogen-bond donors (Lipinski definition) is 1. The zero-order valence-electron chi connectivity index (χ0n) is 14.3. The summed E-state index contributed by atoms with van der Waals surface area (Å²) in [6, 6.07) is 23.7. The van der Waals surface area contributed by atoms with Crippen LogP contribution in [0.5, 0.6) is 11.5 Å². The number of nitrogens with zero attached hydrogens (tertiary/aromatic N) is 2. The third kappa shape index (κ3) is 4.43. The number of benzene rings is 3. The molecule has 0 radical (unpaired) electrons. The highest BCUT2D eigenvalue weighted by molar-refractivity contribution is 9.10. The summed E-state index contributed by atoms with van der Waals surface area (Å²) in [6.07, 6.45) is 1.75. The van der Waals surface area contributed by atoms with E-state index in [0.29, 0.717) is 16.8 Å². The minimum Gasteiger partial charge on any atom is -0.503 e. The number of rotatable bonds is 6. The van der Waals surface area contributed by atoms with Gasteiger partial charge >= 0.3 is 0 Å². The Morgan fingerprint density at radius 1 is 1.04 bits per heavy atom.